The molecule has 1 aliphatic rings. The maximum atomic E-state index is 12.1. The van der Waals surface area contributed by atoms with Crippen LogP contribution in [-0.4, -0.2) is 25.5 Å². The fourth-order valence-corrected chi connectivity index (χ4v) is 2.88. The zero-order valence-corrected chi connectivity index (χ0v) is 12.3. The monoisotopic (exact) mass is 275 g/mol. The maximum absolute atomic E-state index is 12.1. The summed E-state index contributed by atoms with van der Waals surface area (Å²) in [5, 5.41) is 3.15. The number of likely N-dealkylation sites (N-methyl/N-ethyl adjacent to an activating group) is 1. The molecule has 0 bridgehead atoms. The lowest BCUT2D eigenvalue weighted by molar-refractivity contribution is -0.120. The molecule has 20 heavy (non-hydrogen) atoms. The van der Waals surface area contributed by atoms with Crippen LogP contribution < -0.4 is 16.0 Å². The number of anilines is 1. The highest BCUT2D eigenvalue weighted by atomic mass is 16.2. The van der Waals surface area contributed by atoms with E-state index in [2.05, 4.69) is 5.32 Å². The minimum atomic E-state index is 0.103. The molecule has 1 saturated carbocycles. The van der Waals surface area contributed by atoms with Crippen molar-refractivity contribution in [2.45, 2.75) is 44.7 Å². The summed E-state index contributed by atoms with van der Waals surface area (Å²) in [6.45, 7) is 0.873. The van der Waals surface area contributed by atoms with Gasteiger partial charge in [-0.15, -0.1) is 0 Å². The van der Waals surface area contributed by atoms with Gasteiger partial charge in [0.15, 0.2) is 0 Å². The number of hydrogen-bond donors (Lipinski definition) is 2. The van der Waals surface area contributed by atoms with Gasteiger partial charge in [0.25, 0.3) is 0 Å². The predicted octanol–water partition coefficient (Wildman–Crippen LogP) is 2.03. The van der Waals surface area contributed by atoms with Gasteiger partial charge >= 0.3 is 0 Å². The lowest BCUT2D eigenvalue weighted by Gasteiger charge is -2.26. The van der Waals surface area contributed by atoms with Crippen molar-refractivity contribution in [2.24, 2.45) is 5.73 Å². The van der Waals surface area contributed by atoms with Gasteiger partial charge in [0.1, 0.15) is 0 Å². The topological polar surface area (TPSA) is 58.4 Å². The van der Waals surface area contributed by atoms with Crippen LogP contribution in [0.1, 0.15) is 37.7 Å². The Bertz CT molecular complexity index is 441. The van der Waals surface area contributed by atoms with Crippen molar-refractivity contribution in [3.8, 4) is 0 Å². The van der Waals surface area contributed by atoms with Gasteiger partial charge in [-0.2, -0.15) is 0 Å². The standard InChI is InChI=1S/C16H25N3O/c1-19(15-10-6-5-7-13(15)11-17)12-16(20)18-14-8-3-2-4-9-14/h5-7,10,14H,2-4,8-9,11-12,17H2,1H3,(H,18,20). The van der Waals surface area contributed by atoms with Crippen LogP contribution in [0, 0.1) is 0 Å². The Labute approximate surface area is 121 Å². The second kappa shape index (κ2) is 7.29. The van der Waals surface area contributed by atoms with Gasteiger partial charge < -0.3 is 16.0 Å². The molecule has 4 heteroatoms. The van der Waals surface area contributed by atoms with Crippen molar-refractivity contribution in [1.82, 2.24) is 5.32 Å². The van der Waals surface area contributed by atoms with Gasteiger partial charge in [0.05, 0.1) is 6.54 Å². The summed E-state index contributed by atoms with van der Waals surface area (Å²) in [4.78, 5) is 14.1. The number of rotatable bonds is 5. The fraction of sp³-hybridized carbons (Fsp3) is 0.562. The molecule has 1 fully saturated rings. The Morgan fingerprint density at radius 2 is 2.00 bits per heavy atom. The molecule has 1 aliphatic carbocycles. The molecule has 1 aromatic carbocycles. The molecule has 0 radical (unpaired) electrons. The molecule has 0 saturated heterocycles. The van der Waals surface area contributed by atoms with Crippen LogP contribution in [0.2, 0.25) is 0 Å². The van der Waals surface area contributed by atoms with Crippen LogP contribution in [0.3, 0.4) is 0 Å². The minimum Gasteiger partial charge on any atom is -0.365 e. The smallest absolute Gasteiger partial charge is 0.239 e. The number of nitrogens with one attached hydrogen (secondary N) is 1. The molecular formula is C16H25N3O. The van der Waals surface area contributed by atoms with Crippen LogP contribution in [0.15, 0.2) is 24.3 Å². The van der Waals surface area contributed by atoms with E-state index in [4.69, 9.17) is 5.73 Å². The van der Waals surface area contributed by atoms with E-state index < -0.39 is 0 Å². The highest BCUT2D eigenvalue weighted by molar-refractivity contribution is 5.81. The van der Waals surface area contributed by atoms with Crippen molar-refractivity contribution in [3.05, 3.63) is 29.8 Å². The van der Waals surface area contributed by atoms with Gasteiger partial charge in [-0.05, 0) is 24.5 Å². The van der Waals surface area contributed by atoms with E-state index in [1.54, 1.807) is 0 Å². The molecule has 0 aliphatic heterocycles. The van der Waals surface area contributed by atoms with Crippen molar-refractivity contribution in [2.75, 3.05) is 18.5 Å². The SMILES string of the molecule is CN(CC(=O)NC1CCCCC1)c1ccccc1CN. The molecule has 110 valence electrons. The first-order valence-corrected chi connectivity index (χ1v) is 7.49. The minimum absolute atomic E-state index is 0.103. The molecule has 3 N–H and O–H groups in total. The van der Waals surface area contributed by atoms with Gasteiger partial charge in [-0.25, -0.2) is 0 Å². The van der Waals surface area contributed by atoms with Gasteiger partial charge in [0, 0.05) is 25.3 Å². The molecule has 0 heterocycles. The maximum Gasteiger partial charge on any atom is 0.239 e. The molecule has 4 nitrogen and oxygen atoms in total. The van der Waals surface area contributed by atoms with Gasteiger partial charge in [-0.1, -0.05) is 37.5 Å². The first-order chi connectivity index (χ1) is 9.70. The first kappa shape index (κ1) is 14.9. The van der Waals surface area contributed by atoms with E-state index in [0.29, 0.717) is 19.1 Å². The number of hydrogen-bond acceptors (Lipinski definition) is 3. The Morgan fingerprint density at radius 1 is 1.30 bits per heavy atom. The summed E-state index contributed by atoms with van der Waals surface area (Å²) in [5.41, 5.74) is 7.85. The van der Waals surface area contributed by atoms with Gasteiger partial charge in [-0.3, -0.25) is 4.79 Å². The lowest BCUT2D eigenvalue weighted by Crippen LogP contribution is -2.42. The van der Waals surface area contributed by atoms with Crippen LogP contribution >= 0.6 is 0 Å². The Balaban J connectivity index is 1.89. The Kier molecular flexibility index (Phi) is 5.41. The highest BCUT2D eigenvalue weighted by Crippen LogP contribution is 2.19. The third-order valence-corrected chi connectivity index (χ3v) is 3.97. The van der Waals surface area contributed by atoms with Crippen molar-refractivity contribution in [3.63, 3.8) is 0 Å². The molecular weight excluding hydrogens is 250 g/mol. The molecule has 2 rings (SSSR count). The molecule has 0 spiro atoms. The summed E-state index contributed by atoms with van der Waals surface area (Å²) in [6.07, 6.45) is 6.01. The van der Waals surface area contributed by atoms with Gasteiger partial charge in [0.2, 0.25) is 5.91 Å². The second-order valence-corrected chi connectivity index (χ2v) is 5.59. The van der Waals surface area contributed by atoms with Crippen LogP contribution in [-0.2, 0) is 11.3 Å². The van der Waals surface area contributed by atoms with Crippen molar-refractivity contribution in [1.29, 1.82) is 0 Å². The number of nitrogens with zero attached hydrogens (tertiary/aromatic N) is 1. The van der Waals surface area contributed by atoms with E-state index in [0.717, 1.165) is 24.1 Å². The van der Waals surface area contributed by atoms with Crippen LogP contribution in [0.25, 0.3) is 0 Å². The summed E-state index contributed by atoms with van der Waals surface area (Å²) in [6, 6.07) is 8.33. The highest BCUT2D eigenvalue weighted by Gasteiger charge is 2.17. The van der Waals surface area contributed by atoms with Crippen LogP contribution in [0.5, 0.6) is 0 Å². The second-order valence-electron chi connectivity index (χ2n) is 5.59. The number of para-hydroxylation sites is 1. The number of carbonyl (C=O) groups is 1. The molecule has 1 aromatic rings. The molecule has 0 atom stereocenters. The normalized spacial score (nSPS) is 15.9. The van der Waals surface area contributed by atoms with E-state index in [9.17, 15) is 4.79 Å². The predicted molar refractivity (Wildman–Crippen MR) is 82.6 cm³/mol. The number of nitrogens with two attached hydrogens (primary N) is 1. The van der Waals surface area contributed by atoms with E-state index in [1.165, 1.54) is 19.3 Å². The molecule has 0 aromatic heterocycles. The van der Waals surface area contributed by atoms with Crippen molar-refractivity contribution < 1.29 is 4.79 Å². The average molecular weight is 275 g/mol. The zero-order chi connectivity index (χ0) is 14.4. The molecule has 1 amide bonds. The number of carbonyl (C=O) groups excluding carboxylic acids is 1. The first-order valence-electron chi connectivity index (χ1n) is 7.49. The number of amides is 1. The van der Waals surface area contributed by atoms with Crippen LogP contribution in [0.4, 0.5) is 5.69 Å². The van der Waals surface area contributed by atoms with E-state index in [1.807, 2.05) is 36.2 Å². The lowest BCUT2D eigenvalue weighted by atomic mass is 9.95. The third kappa shape index (κ3) is 3.97. The average Bonchev–Trinajstić information content (AvgIpc) is 2.48. The number of benzene rings is 1. The van der Waals surface area contributed by atoms with Crippen molar-refractivity contribution >= 4 is 11.6 Å². The Morgan fingerprint density at radius 3 is 2.70 bits per heavy atom. The summed E-state index contributed by atoms with van der Waals surface area (Å²) < 4.78 is 0. The summed E-state index contributed by atoms with van der Waals surface area (Å²) >= 11 is 0. The van der Waals surface area contributed by atoms with E-state index >= 15 is 0 Å². The quantitative estimate of drug-likeness (QED) is 0.864. The molecule has 0 unspecified atom stereocenters. The van der Waals surface area contributed by atoms with E-state index in [-0.39, 0.29) is 5.91 Å². The summed E-state index contributed by atoms with van der Waals surface area (Å²) in [5.74, 6) is 0.103. The Hall–Kier alpha value is -1.55. The third-order valence-electron chi connectivity index (χ3n) is 3.97. The zero-order valence-electron chi connectivity index (χ0n) is 12.3. The largest absolute Gasteiger partial charge is 0.365 e. The fourth-order valence-electron chi connectivity index (χ4n) is 2.88. The summed E-state index contributed by atoms with van der Waals surface area (Å²) in [7, 11) is 1.94.